The second kappa shape index (κ2) is 10.9. The van der Waals surface area contributed by atoms with Gasteiger partial charge in [-0.1, -0.05) is 18.2 Å². The van der Waals surface area contributed by atoms with Crippen molar-refractivity contribution in [3.05, 3.63) is 52.2 Å². The van der Waals surface area contributed by atoms with Crippen LogP contribution in [0.4, 0.5) is 0 Å². The molecule has 0 saturated heterocycles. The van der Waals surface area contributed by atoms with Crippen LogP contribution in [0.2, 0.25) is 0 Å². The number of benzene rings is 1. The average molecular weight is 379 g/mol. The maximum absolute atomic E-state index is 12.4. The van der Waals surface area contributed by atoms with Crippen molar-refractivity contribution in [1.29, 1.82) is 0 Å². The van der Waals surface area contributed by atoms with Gasteiger partial charge in [0.05, 0.1) is 17.9 Å². The summed E-state index contributed by atoms with van der Waals surface area (Å²) in [7, 11) is 1.59. The zero-order valence-corrected chi connectivity index (χ0v) is 15.8. The third-order valence-electron chi connectivity index (χ3n) is 3.36. The third kappa shape index (κ3) is 6.89. The number of thioether (sulfide) groups is 1. The molecule has 1 aromatic carbocycles. The van der Waals surface area contributed by atoms with Crippen LogP contribution in [-0.2, 0) is 16.0 Å². The molecular weight excluding hydrogens is 356 g/mol. The standard InChI is InChI=1S/C18H22N2O3S2/c1-23-11-10-19-17(21)13-25-16-7-3-2-6-15(16)18(22)20-9-8-14-5-4-12-24-14/h2-7,12H,8-11,13H2,1H3,(H,19,21)(H,20,22). The van der Waals surface area contributed by atoms with Crippen molar-refractivity contribution in [2.75, 3.05) is 32.6 Å². The van der Waals surface area contributed by atoms with Gasteiger partial charge in [-0.25, -0.2) is 0 Å². The van der Waals surface area contributed by atoms with Gasteiger partial charge in [-0.2, -0.15) is 0 Å². The van der Waals surface area contributed by atoms with Crippen LogP contribution in [0.5, 0.6) is 0 Å². The molecule has 0 unspecified atom stereocenters. The molecule has 0 fully saturated rings. The van der Waals surface area contributed by atoms with E-state index in [9.17, 15) is 9.59 Å². The Morgan fingerprint density at radius 2 is 1.96 bits per heavy atom. The maximum atomic E-state index is 12.4. The van der Waals surface area contributed by atoms with E-state index in [1.54, 1.807) is 24.5 Å². The van der Waals surface area contributed by atoms with E-state index in [2.05, 4.69) is 16.7 Å². The molecule has 0 atom stereocenters. The smallest absolute Gasteiger partial charge is 0.252 e. The SMILES string of the molecule is COCCNC(=O)CSc1ccccc1C(=O)NCCc1cccs1. The summed E-state index contributed by atoms with van der Waals surface area (Å²) in [5.74, 6) is 0.0813. The van der Waals surface area contributed by atoms with Gasteiger partial charge < -0.3 is 15.4 Å². The predicted molar refractivity (Wildman–Crippen MR) is 102 cm³/mol. The average Bonchev–Trinajstić information content (AvgIpc) is 3.14. The van der Waals surface area contributed by atoms with Gasteiger partial charge in [-0.3, -0.25) is 9.59 Å². The van der Waals surface area contributed by atoms with Crippen LogP contribution in [0.1, 0.15) is 15.2 Å². The van der Waals surface area contributed by atoms with E-state index >= 15 is 0 Å². The van der Waals surface area contributed by atoms with Gasteiger partial charge in [-0.05, 0) is 30.0 Å². The Morgan fingerprint density at radius 3 is 2.72 bits per heavy atom. The van der Waals surface area contributed by atoms with Crippen LogP contribution in [-0.4, -0.2) is 44.4 Å². The van der Waals surface area contributed by atoms with Crippen molar-refractivity contribution in [2.24, 2.45) is 0 Å². The van der Waals surface area contributed by atoms with E-state index in [4.69, 9.17) is 4.74 Å². The fourth-order valence-electron chi connectivity index (χ4n) is 2.12. The number of methoxy groups -OCH3 is 1. The molecule has 134 valence electrons. The maximum Gasteiger partial charge on any atom is 0.252 e. The zero-order valence-electron chi connectivity index (χ0n) is 14.1. The Balaban J connectivity index is 1.83. The lowest BCUT2D eigenvalue weighted by Gasteiger charge is -2.10. The van der Waals surface area contributed by atoms with Gasteiger partial charge in [0.2, 0.25) is 5.91 Å². The monoisotopic (exact) mass is 378 g/mol. The summed E-state index contributed by atoms with van der Waals surface area (Å²) in [6.45, 7) is 1.57. The van der Waals surface area contributed by atoms with Crippen LogP contribution in [0.15, 0.2) is 46.7 Å². The Morgan fingerprint density at radius 1 is 1.12 bits per heavy atom. The van der Waals surface area contributed by atoms with Crippen molar-refractivity contribution >= 4 is 34.9 Å². The number of carbonyl (C=O) groups is 2. The lowest BCUT2D eigenvalue weighted by Crippen LogP contribution is -2.29. The normalized spacial score (nSPS) is 10.4. The van der Waals surface area contributed by atoms with E-state index in [1.807, 2.05) is 29.6 Å². The molecule has 0 spiro atoms. The minimum absolute atomic E-state index is 0.0741. The van der Waals surface area contributed by atoms with Gasteiger partial charge in [0, 0.05) is 30.0 Å². The van der Waals surface area contributed by atoms with Crippen molar-refractivity contribution in [3.63, 3.8) is 0 Å². The fourth-order valence-corrected chi connectivity index (χ4v) is 3.70. The number of ether oxygens (including phenoxy) is 1. The highest BCUT2D eigenvalue weighted by Gasteiger charge is 2.12. The molecule has 2 N–H and O–H groups in total. The molecule has 25 heavy (non-hydrogen) atoms. The molecule has 7 heteroatoms. The van der Waals surface area contributed by atoms with Crippen molar-refractivity contribution in [1.82, 2.24) is 10.6 Å². The van der Waals surface area contributed by atoms with Crippen molar-refractivity contribution < 1.29 is 14.3 Å². The lowest BCUT2D eigenvalue weighted by molar-refractivity contribution is -0.118. The highest BCUT2D eigenvalue weighted by atomic mass is 32.2. The third-order valence-corrected chi connectivity index (χ3v) is 5.37. The van der Waals surface area contributed by atoms with Gasteiger partial charge >= 0.3 is 0 Å². The van der Waals surface area contributed by atoms with Crippen molar-refractivity contribution in [3.8, 4) is 0 Å². The zero-order chi connectivity index (χ0) is 17.9. The van der Waals surface area contributed by atoms with Crippen LogP contribution < -0.4 is 10.6 Å². The molecule has 2 amide bonds. The summed E-state index contributed by atoms with van der Waals surface area (Å²) in [5, 5.41) is 7.74. The Labute approximate surface area is 156 Å². The Bertz CT molecular complexity index is 675. The molecular formula is C18H22N2O3S2. The quantitative estimate of drug-likeness (QED) is 0.493. The summed E-state index contributed by atoms with van der Waals surface area (Å²) in [4.78, 5) is 26.3. The molecule has 2 aromatic rings. The van der Waals surface area contributed by atoms with Crippen LogP contribution in [0, 0.1) is 0 Å². The summed E-state index contributed by atoms with van der Waals surface area (Å²) >= 11 is 3.05. The Hall–Kier alpha value is -1.83. The Kier molecular flexibility index (Phi) is 8.51. The first-order chi connectivity index (χ1) is 12.2. The second-order valence-corrected chi connectivity index (χ2v) is 7.26. The molecule has 0 aliphatic rings. The summed E-state index contributed by atoms with van der Waals surface area (Å²) in [6, 6.07) is 11.4. The van der Waals surface area contributed by atoms with Crippen LogP contribution >= 0.6 is 23.1 Å². The highest BCUT2D eigenvalue weighted by Crippen LogP contribution is 2.22. The number of carbonyl (C=O) groups excluding carboxylic acids is 2. The molecule has 2 rings (SSSR count). The topological polar surface area (TPSA) is 67.4 Å². The van der Waals surface area contributed by atoms with E-state index in [-0.39, 0.29) is 17.6 Å². The van der Waals surface area contributed by atoms with Gasteiger partial charge in [-0.15, -0.1) is 23.1 Å². The molecule has 0 aliphatic heterocycles. The first-order valence-electron chi connectivity index (χ1n) is 7.98. The summed E-state index contributed by atoms with van der Waals surface area (Å²) in [5.41, 5.74) is 0.600. The molecule has 1 heterocycles. The molecule has 5 nitrogen and oxygen atoms in total. The molecule has 0 aliphatic carbocycles. The molecule has 0 radical (unpaired) electrons. The summed E-state index contributed by atoms with van der Waals surface area (Å²) < 4.78 is 4.90. The number of rotatable bonds is 10. The first kappa shape index (κ1) is 19.5. The van der Waals surface area contributed by atoms with Gasteiger partial charge in [0.25, 0.3) is 5.91 Å². The largest absolute Gasteiger partial charge is 0.383 e. The van der Waals surface area contributed by atoms with E-state index < -0.39 is 0 Å². The van der Waals surface area contributed by atoms with Gasteiger partial charge in [0.15, 0.2) is 0 Å². The van der Waals surface area contributed by atoms with Gasteiger partial charge in [0.1, 0.15) is 0 Å². The highest BCUT2D eigenvalue weighted by molar-refractivity contribution is 8.00. The van der Waals surface area contributed by atoms with Crippen LogP contribution in [0.3, 0.4) is 0 Å². The van der Waals surface area contributed by atoms with Crippen LogP contribution in [0.25, 0.3) is 0 Å². The van der Waals surface area contributed by atoms with E-state index in [0.29, 0.717) is 25.3 Å². The first-order valence-corrected chi connectivity index (χ1v) is 9.85. The molecule has 1 aromatic heterocycles. The number of thiophene rings is 1. The predicted octanol–water partition coefficient (Wildman–Crippen LogP) is 2.58. The number of hydrogen-bond acceptors (Lipinski definition) is 5. The van der Waals surface area contributed by atoms with E-state index in [1.165, 1.54) is 16.6 Å². The number of hydrogen-bond donors (Lipinski definition) is 2. The molecule has 0 bridgehead atoms. The number of amides is 2. The summed E-state index contributed by atoms with van der Waals surface area (Å²) in [6.07, 6.45) is 0.820. The van der Waals surface area contributed by atoms with Crippen molar-refractivity contribution in [2.45, 2.75) is 11.3 Å². The van der Waals surface area contributed by atoms with E-state index in [0.717, 1.165) is 11.3 Å². The second-order valence-electron chi connectivity index (χ2n) is 5.21. The molecule has 0 saturated carbocycles. The lowest BCUT2D eigenvalue weighted by atomic mass is 10.2. The minimum Gasteiger partial charge on any atom is -0.383 e. The number of nitrogens with one attached hydrogen (secondary N) is 2. The minimum atomic E-state index is -0.112. The fraction of sp³-hybridized carbons (Fsp3) is 0.333.